The zero-order valence-corrected chi connectivity index (χ0v) is 12.7. The minimum absolute atomic E-state index is 0.0230. The first-order valence-corrected chi connectivity index (χ1v) is 7.31. The largest absolute Gasteiger partial charge is 0.416 e. The topological polar surface area (TPSA) is 29.1 Å². The van der Waals surface area contributed by atoms with Crippen LogP contribution in [0.4, 0.5) is 13.2 Å². The second-order valence-corrected chi connectivity index (χ2v) is 6.13. The number of halogens is 5. The molecule has 0 radical (unpaired) electrons. The van der Waals surface area contributed by atoms with E-state index in [-0.39, 0.29) is 11.0 Å². The molecule has 0 saturated heterocycles. The summed E-state index contributed by atoms with van der Waals surface area (Å²) in [5, 5.41) is 2.65. The third kappa shape index (κ3) is 3.47. The van der Waals surface area contributed by atoms with Gasteiger partial charge in [0.05, 0.1) is 11.1 Å². The number of alkyl halides is 4. The van der Waals surface area contributed by atoms with Gasteiger partial charge in [0, 0.05) is 22.3 Å². The molecule has 1 N–H and O–H groups in total. The Hall–Kier alpha value is -0.750. The predicted octanol–water partition coefficient (Wildman–Crippen LogP) is 4.22. The van der Waals surface area contributed by atoms with Crippen molar-refractivity contribution >= 4 is 33.4 Å². The van der Waals surface area contributed by atoms with Crippen molar-refractivity contribution in [3.05, 3.63) is 33.8 Å². The minimum atomic E-state index is -4.47. The van der Waals surface area contributed by atoms with Crippen LogP contribution in [0.15, 0.2) is 22.7 Å². The van der Waals surface area contributed by atoms with Gasteiger partial charge in [-0.3, -0.25) is 4.79 Å². The van der Waals surface area contributed by atoms with E-state index >= 15 is 0 Å². The Balaban J connectivity index is 2.13. The summed E-state index contributed by atoms with van der Waals surface area (Å²) in [4.78, 5) is 12.0. The fourth-order valence-electron chi connectivity index (χ4n) is 1.77. The van der Waals surface area contributed by atoms with Crippen molar-refractivity contribution in [1.29, 1.82) is 0 Å². The second kappa shape index (κ2) is 5.56. The molecule has 1 aromatic carbocycles. The molecule has 0 heterocycles. The average molecular weight is 371 g/mol. The van der Waals surface area contributed by atoms with E-state index in [1.54, 1.807) is 0 Å². The van der Waals surface area contributed by atoms with Gasteiger partial charge < -0.3 is 5.32 Å². The van der Waals surface area contributed by atoms with Crippen molar-refractivity contribution in [1.82, 2.24) is 5.32 Å². The fourth-order valence-corrected chi connectivity index (χ4v) is 2.56. The normalized spacial score (nSPS) is 16.9. The molecule has 0 unspecified atom stereocenters. The van der Waals surface area contributed by atoms with E-state index in [9.17, 15) is 18.0 Å². The molecule has 0 aliphatic heterocycles. The highest BCUT2D eigenvalue weighted by atomic mass is 79.9. The Labute approximate surface area is 127 Å². The lowest BCUT2D eigenvalue weighted by Gasteiger charge is -2.14. The van der Waals surface area contributed by atoms with Gasteiger partial charge in [0.2, 0.25) is 0 Å². The Morgan fingerprint density at radius 2 is 2.05 bits per heavy atom. The number of carbonyl (C=O) groups is 1. The molecule has 1 aromatic rings. The molecule has 1 fully saturated rings. The Kier molecular flexibility index (Phi) is 4.35. The van der Waals surface area contributed by atoms with Gasteiger partial charge in [-0.2, -0.15) is 13.2 Å². The van der Waals surface area contributed by atoms with Crippen molar-refractivity contribution in [2.24, 2.45) is 5.41 Å². The number of carbonyl (C=O) groups excluding carboxylic acids is 1. The lowest BCUT2D eigenvalue weighted by molar-refractivity contribution is -0.137. The van der Waals surface area contributed by atoms with E-state index in [0.717, 1.165) is 25.0 Å². The van der Waals surface area contributed by atoms with Gasteiger partial charge in [-0.1, -0.05) is 0 Å². The van der Waals surface area contributed by atoms with Crippen LogP contribution in [0.1, 0.15) is 28.8 Å². The van der Waals surface area contributed by atoms with Crippen LogP contribution in [0.3, 0.4) is 0 Å². The van der Waals surface area contributed by atoms with Crippen molar-refractivity contribution in [2.45, 2.75) is 19.0 Å². The molecule has 0 atom stereocenters. The summed E-state index contributed by atoms with van der Waals surface area (Å²) >= 11 is 8.89. The highest BCUT2D eigenvalue weighted by Crippen LogP contribution is 2.45. The molecule has 110 valence electrons. The molecule has 1 aliphatic rings. The van der Waals surface area contributed by atoms with Crippen molar-refractivity contribution in [3.8, 4) is 0 Å². The lowest BCUT2D eigenvalue weighted by atomic mass is 10.1. The minimum Gasteiger partial charge on any atom is -0.351 e. The van der Waals surface area contributed by atoms with E-state index in [0.29, 0.717) is 16.9 Å². The Morgan fingerprint density at radius 3 is 2.55 bits per heavy atom. The summed E-state index contributed by atoms with van der Waals surface area (Å²) in [6.07, 6.45) is -2.61. The van der Waals surface area contributed by atoms with E-state index in [4.69, 9.17) is 11.6 Å². The number of rotatable bonds is 4. The van der Waals surface area contributed by atoms with Gasteiger partial charge in [-0.25, -0.2) is 0 Å². The van der Waals surface area contributed by atoms with E-state index in [1.807, 2.05) is 0 Å². The highest BCUT2D eigenvalue weighted by Gasteiger charge is 2.42. The maximum Gasteiger partial charge on any atom is 0.416 e. The van der Waals surface area contributed by atoms with E-state index in [1.165, 1.54) is 6.07 Å². The third-order valence-corrected chi connectivity index (χ3v) is 4.66. The van der Waals surface area contributed by atoms with Gasteiger partial charge in [0.15, 0.2) is 0 Å². The van der Waals surface area contributed by atoms with Crippen LogP contribution in [0.5, 0.6) is 0 Å². The van der Waals surface area contributed by atoms with Gasteiger partial charge in [-0.15, -0.1) is 11.6 Å². The van der Waals surface area contributed by atoms with Crippen LogP contribution in [0, 0.1) is 5.41 Å². The molecule has 2 rings (SSSR count). The standard InChI is InChI=1S/C13H12BrClF3NO/c14-10-2-1-8(13(16,17)18)5-9(10)11(20)19-7-12(6-15)3-4-12/h1-2,5H,3-4,6-7H2,(H,19,20). The molecule has 0 bridgehead atoms. The zero-order chi connectivity index (χ0) is 15.0. The van der Waals surface area contributed by atoms with Gasteiger partial charge in [0.1, 0.15) is 0 Å². The fraction of sp³-hybridized carbons (Fsp3) is 0.462. The first-order valence-electron chi connectivity index (χ1n) is 5.98. The average Bonchev–Trinajstić information content (AvgIpc) is 3.16. The third-order valence-electron chi connectivity index (χ3n) is 3.40. The van der Waals surface area contributed by atoms with Crippen LogP contribution in [-0.2, 0) is 6.18 Å². The number of nitrogens with one attached hydrogen (secondary N) is 1. The van der Waals surface area contributed by atoms with Crippen LogP contribution in [0.2, 0.25) is 0 Å². The monoisotopic (exact) mass is 369 g/mol. The molecule has 1 saturated carbocycles. The van der Waals surface area contributed by atoms with Gasteiger partial charge in [0.25, 0.3) is 5.91 Å². The summed E-state index contributed by atoms with van der Waals surface area (Å²) in [5.41, 5.74) is -0.944. The number of hydrogen-bond acceptors (Lipinski definition) is 1. The molecule has 1 aliphatic carbocycles. The van der Waals surface area contributed by atoms with Crippen molar-refractivity contribution in [3.63, 3.8) is 0 Å². The number of hydrogen-bond donors (Lipinski definition) is 1. The first kappa shape index (κ1) is 15.6. The van der Waals surface area contributed by atoms with E-state index < -0.39 is 17.6 Å². The molecule has 7 heteroatoms. The summed E-state index contributed by atoms with van der Waals surface area (Å²) < 4.78 is 38.2. The number of benzene rings is 1. The van der Waals surface area contributed by atoms with Crippen LogP contribution in [-0.4, -0.2) is 18.3 Å². The molecule has 0 spiro atoms. The summed E-state index contributed by atoms with van der Waals surface area (Å²) in [5.74, 6) is -0.0869. The Morgan fingerprint density at radius 1 is 1.40 bits per heavy atom. The zero-order valence-electron chi connectivity index (χ0n) is 10.4. The SMILES string of the molecule is O=C(NCC1(CCl)CC1)c1cc(C(F)(F)F)ccc1Br. The van der Waals surface area contributed by atoms with Gasteiger partial charge in [-0.05, 0) is 47.0 Å². The van der Waals surface area contributed by atoms with E-state index in [2.05, 4.69) is 21.2 Å². The summed E-state index contributed by atoms with van der Waals surface area (Å²) in [6.45, 7) is 0.387. The summed E-state index contributed by atoms with van der Waals surface area (Å²) in [7, 11) is 0. The van der Waals surface area contributed by atoms with Crippen LogP contribution >= 0.6 is 27.5 Å². The molecular weight excluding hydrogens is 358 g/mol. The van der Waals surface area contributed by atoms with Crippen LogP contribution in [0.25, 0.3) is 0 Å². The molecule has 1 amide bonds. The molecular formula is C13H12BrClF3NO. The molecule has 0 aromatic heterocycles. The lowest BCUT2D eigenvalue weighted by Crippen LogP contribution is -2.31. The highest BCUT2D eigenvalue weighted by molar-refractivity contribution is 9.10. The first-order chi connectivity index (χ1) is 9.27. The van der Waals surface area contributed by atoms with Crippen LogP contribution < -0.4 is 5.32 Å². The van der Waals surface area contributed by atoms with Gasteiger partial charge >= 0.3 is 6.18 Å². The quantitative estimate of drug-likeness (QED) is 0.790. The Bertz CT molecular complexity index is 529. The maximum atomic E-state index is 12.6. The van der Waals surface area contributed by atoms with Crippen molar-refractivity contribution in [2.75, 3.05) is 12.4 Å². The molecule has 2 nitrogen and oxygen atoms in total. The maximum absolute atomic E-state index is 12.6. The second-order valence-electron chi connectivity index (χ2n) is 5.01. The molecule has 20 heavy (non-hydrogen) atoms. The predicted molar refractivity (Wildman–Crippen MR) is 73.9 cm³/mol. The smallest absolute Gasteiger partial charge is 0.351 e. The van der Waals surface area contributed by atoms with Crippen molar-refractivity contribution < 1.29 is 18.0 Å². The number of amides is 1. The summed E-state index contributed by atoms with van der Waals surface area (Å²) in [6, 6.07) is 3.01.